The minimum absolute atomic E-state index is 0.0238. The zero-order chi connectivity index (χ0) is 18.3. The molecule has 0 aliphatic rings. The molecule has 0 radical (unpaired) electrons. The van der Waals surface area contributed by atoms with Crippen LogP contribution in [0.15, 0.2) is 22.9 Å². The highest BCUT2D eigenvalue weighted by Crippen LogP contribution is 2.39. The van der Waals surface area contributed by atoms with Crippen LogP contribution < -0.4 is 4.74 Å². The van der Waals surface area contributed by atoms with Crippen molar-refractivity contribution in [2.24, 2.45) is 0 Å². The SMILES string of the molecule is CC(C)n1nc(Br)nc1Oc1cc(C(F)(F)F)cc(C(F)(F)F)c1. The molecule has 0 saturated carbocycles. The van der Waals surface area contributed by atoms with E-state index in [1.165, 1.54) is 4.68 Å². The molecule has 0 N–H and O–H groups in total. The van der Waals surface area contributed by atoms with Gasteiger partial charge in [0.1, 0.15) is 5.75 Å². The Kier molecular flexibility index (Phi) is 4.84. The summed E-state index contributed by atoms with van der Waals surface area (Å²) in [6.07, 6.45) is -9.91. The lowest BCUT2D eigenvalue weighted by Crippen LogP contribution is -2.11. The van der Waals surface area contributed by atoms with Crippen LogP contribution in [0.2, 0.25) is 0 Å². The summed E-state index contributed by atoms with van der Waals surface area (Å²) in [6, 6.07) is 0.469. The van der Waals surface area contributed by atoms with Gasteiger partial charge in [-0.15, -0.1) is 5.10 Å². The summed E-state index contributed by atoms with van der Waals surface area (Å²) in [5.74, 6) is -0.640. The van der Waals surface area contributed by atoms with Crippen molar-refractivity contribution in [3.8, 4) is 11.8 Å². The molecular formula is C13H10BrF6N3O. The molecule has 0 spiro atoms. The summed E-state index contributed by atoms with van der Waals surface area (Å²) < 4.78 is 83.4. The van der Waals surface area contributed by atoms with E-state index in [0.29, 0.717) is 12.1 Å². The molecule has 11 heteroatoms. The molecule has 4 nitrogen and oxygen atoms in total. The maximum atomic E-state index is 12.8. The van der Waals surface area contributed by atoms with E-state index in [2.05, 4.69) is 26.0 Å². The lowest BCUT2D eigenvalue weighted by Gasteiger charge is -2.15. The second-order valence-electron chi connectivity index (χ2n) is 5.05. The Labute approximate surface area is 140 Å². The molecule has 24 heavy (non-hydrogen) atoms. The summed E-state index contributed by atoms with van der Waals surface area (Å²) in [5.41, 5.74) is -2.94. The summed E-state index contributed by atoms with van der Waals surface area (Å²) in [4.78, 5) is 3.79. The monoisotopic (exact) mass is 417 g/mol. The van der Waals surface area contributed by atoms with E-state index in [4.69, 9.17) is 4.74 Å². The van der Waals surface area contributed by atoms with E-state index in [-0.39, 0.29) is 22.9 Å². The molecule has 0 aliphatic carbocycles. The van der Waals surface area contributed by atoms with Crippen molar-refractivity contribution in [3.05, 3.63) is 34.1 Å². The number of halogens is 7. The van der Waals surface area contributed by atoms with Crippen LogP contribution in [-0.2, 0) is 12.4 Å². The predicted molar refractivity (Wildman–Crippen MR) is 74.6 cm³/mol. The summed E-state index contributed by atoms with van der Waals surface area (Å²) in [5, 5.41) is 3.90. The first kappa shape index (κ1) is 18.6. The van der Waals surface area contributed by atoms with Gasteiger partial charge in [-0.25, -0.2) is 4.68 Å². The number of benzene rings is 1. The quantitative estimate of drug-likeness (QED) is 0.623. The van der Waals surface area contributed by atoms with Crippen molar-refractivity contribution in [2.75, 3.05) is 0 Å². The molecule has 2 aromatic rings. The number of ether oxygens (including phenoxy) is 1. The van der Waals surface area contributed by atoms with Crippen LogP contribution in [0.5, 0.6) is 11.8 Å². The van der Waals surface area contributed by atoms with E-state index in [1.54, 1.807) is 13.8 Å². The Morgan fingerprint density at radius 2 is 1.50 bits per heavy atom. The normalized spacial score (nSPS) is 12.8. The highest BCUT2D eigenvalue weighted by molar-refractivity contribution is 9.10. The molecule has 0 saturated heterocycles. The fourth-order valence-electron chi connectivity index (χ4n) is 1.78. The van der Waals surface area contributed by atoms with Gasteiger partial charge in [-0.05, 0) is 48.0 Å². The molecule has 0 fully saturated rings. The highest BCUT2D eigenvalue weighted by Gasteiger charge is 2.37. The minimum Gasteiger partial charge on any atom is -0.424 e. The average Bonchev–Trinajstić information content (AvgIpc) is 2.77. The Balaban J connectivity index is 2.51. The van der Waals surface area contributed by atoms with Crippen LogP contribution in [0.25, 0.3) is 0 Å². The number of nitrogens with zero attached hydrogens (tertiary/aromatic N) is 3. The predicted octanol–water partition coefficient (Wildman–Crippen LogP) is 5.45. The second-order valence-corrected chi connectivity index (χ2v) is 5.75. The van der Waals surface area contributed by atoms with Gasteiger partial charge in [0.15, 0.2) is 0 Å². The van der Waals surface area contributed by atoms with Gasteiger partial charge in [-0.3, -0.25) is 0 Å². The zero-order valence-electron chi connectivity index (χ0n) is 12.2. The molecule has 132 valence electrons. The number of hydrogen-bond acceptors (Lipinski definition) is 3. The van der Waals surface area contributed by atoms with Crippen LogP contribution >= 0.6 is 15.9 Å². The van der Waals surface area contributed by atoms with Gasteiger partial charge in [0, 0.05) is 0 Å². The molecule has 1 heterocycles. The van der Waals surface area contributed by atoms with Gasteiger partial charge in [-0.1, -0.05) is 0 Å². The lowest BCUT2D eigenvalue weighted by atomic mass is 10.1. The van der Waals surface area contributed by atoms with Crippen molar-refractivity contribution in [2.45, 2.75) is 32.2 Å². The van der Waals surface area contributed by atoms with Gasteiger partial charge in [0.25, 0.3) is 0 Å². The molecule has 0 atom stereocenters. The van der Waals surface area contributed by atoms with E-state index < -0.39 is 29.2 Å². The summed E-state index contributed by atoms with van der Waals surface area (Å²) >= 11 is 2.97. The topological polar surface area (TPSA) is 39.9 Å². The smallest absolute Gasteiger partial charge is 0.416 e. The number of alkyl halides is 6. The fourth-order valence-corrected chi connectivity index (χ4v) is 2.10. The molecular weight excluding hydrogens is 408 g/mol. The van der Waals surface area contributed by atoms with Crippen LogP contribution in [0.4, 0.5) is 26.3 Å². The molecule has 0 unspecified atom stereocenters. The van der Waals surface area contributed by atoms with Crippen molar-refractivity contribution in [1.82, 2.24) is 14.8 Å². The number of hydrogen-bond donors (Lipinski definition) is 0. The van der Waals surface area contributed by atoms with Gasteiger partial charge in [0.2, 0.25) is 4.73 Å². The van der Waals surface area contributed by atoms with Gasteiger partial charge < -0.3 is 4.74 Å². The molecule has 0 aliphatic heterocycles. The van der Waals surface area contributed by atoms with E-state index in [9.17, 15) is 26.3 Å². The van der Waals surface area contributed by atoms with E-state index in [0.717, 1.165) is 0 Å². The highest BCUT2D eigenvalue weighted by atomic mass is 79.9. The maximum absolute atomic E-state index is 12.8. The molecule has 0 bridgehead atoms. The molecule has 0 amide bonds. The van der Waals surface area contributed by atoms with E-state index >= 15 is 0 Å². The molecule has 1 aromatic heterocycles. The first-order valence-electron chi connectivity index (χ1n) is 6.47. The standard InChI is InChI=1S/C13H10BrF6N3O/c1-6(2)23-11(21-10(14)22-23)24-9-4-7(12(15,16)17)3-8(5-9)13(18,19)20/h3-6H,1-2H3. The van der Waals surface area contributed by atoms with Crippen LogP contribution in [-0.4, -0.2) is 14.8 Å². The van der Waals surface area contributed by atoms with Crippen LogP contribution in [0, 0.1) is 0 Å². The first-order chi connectivity index (χ1) is 10.9. The average molecular weight is 418 g/mol. The minimum atomic E-state index is -4.95. The third-order valence-corrected chi connectivity index (χ3v) is 3.17. The first-order valence-corrected chi connectivity index (χ1v) is 7.26. The summed E-state index contributed by atoms with van der Waals surface area (Å²) in [6.45, 7) is 3.39. The van der Waals surface area contributed by atoms with Crippen molar-refractivity contribution >= 4 is 15.9 Å². The fraction of sp³-hybridized carbons (Fsp3) is 0.385. The van der Waals surface area contributed by atoms with Crippen LogP contribution in [0.1, 0.15) is 31.0 Å². The summed E-state index contributed by atoms with van der Waals surface area (Å²) in [7, 11) is 0. The zero-order valence-corrected chi connectivity index (χ0v) is 13.8. The number of aromatic nitrogens is 3. The Hall–Kier alpha value is -1.78. The lowest BCUT2D eigenvalue weighted by molar-refractivity contribution is -0.143. The third kappa shape index (κ3) is 4.19. The third-order valence-electron chi connectivity index (χ3n) is 2.83. The molecule has 1 aromatic carbocycles. The Morgan fingerprint density at radius 1 is 1.00 bits per heavy atom. The largest absolute Gasteiger partial charge is 0.424 e. The maximum Gasteiger partial charge on any atom is 0.416 e. The van der Waals surface area contributed by atoms with Crippen LogP contribution in [0.3, 0.4) is 0 Å². The van der Waals surface area contributed by atoms with E-state index in [1.807, 2.05) is 0 Å². The van der Waals surface area contributed by atoms with Gasteiger partial charge in [0.05, 0.1) is 17.2 Å². The Morgan fingerprint density at radius 3 is 1.92 bits per heavy atom. The van der Waals surface area contributed by atoms with Gasteiger partial charge in [-0.2, -0.15) is 31.3 Å². The van der Waals surface area contributed by atoms with Crippen molar-refractivity contribution < 1.29 is 31.1 Å². The van der Waals surface area contributed by atoms with Crippen molar-refractivity contribution in [1.29, 1.82) is 0 Å². The van der Waals surface area contributed by atoms with Gasteiger partial charge >= 0.3 is 18.4 Å². The Bertz CT molecular complexity index is 706. The molecule has 2 rings (SSSR count). The number of rotatable bonds is 3. The van der Waals surface area contributed by atoms with Crippen molar-refractivity contribution in [3.63, 3.8) is 0 Å². The second kappa shape index (κ2) is 6.26.